The van der Waals surface area contributed by atoms with E-state index in [4.69, 9.17) is 29.9 Å². The van der Waals surface area contributed by atoms with Crippen LogP contribution in [0.4, 0.5) is 0 Å². The summed E-state index contributed by atoms with van der Waals surface area (Å²) in [7, 11) is 0. The van der Waals surface area contributed by atoms with E-state index in [1.54, 1.807) is 0 Å². The standard InChI is InChI=1S/C22H40N2O4/c1-4-5-6-7-8-9-10-11-12-13-16-25-21-20-19(27-22(2,3)28-20)18(26-21)17(24)14-15-23/h17-21H,4-14,16,24H2,1-3H3/t17-,18+,19-,20-,21-/m0/s1. The maximum atomic E-state index is 8.93. The molecule has 6 nitrogen and oxygen atoms in total. The van der Waals surface area contributed by atoms with E-state index in [1.807, 2.05) is 13.8 Å². The van der Waals surface area contributed by atoms with Gasteiger partial charge in [-0.05, 0) is 20.3 Å². The fourth-order valence-corrected chi connectivity index (χ4v) is 4.08. The van der Waals surface area contributed by atoms with Crippen LogP contribution >= 0.6 is 0 Å². The van der Waals surface area contributed by atoms with Crippen LogP contribution in [-0.2, 0) is 18.9 Å². The van der Waals surface area contributed by atoms with E-state index in [9.17, 15) is 0 Å². The van der Waals surface area contributed by atoms with Crippen molar-refractivity contribution < 1.29 is 18.9 Å². The number of fused-ring (bicyclic) bond motifs is 1. The third kappa shape index (κ3) is 7.27. The molecular formula is C22H40N2O4. The fraction of sp³-hybridized carbons (Fsp3) is 0.955. The highest BCUT2D eigenvalue weighted by atomic mass is 16.8. The summed E-state index contributed by atoms with van der Waals surface area (Å²) in [4.78, 5) is 0. The van der Waals surface area contributed by atoms with Crippen LogP contribution in [0.1, 0.15) is 91.4 Å². The van der Waals surface area contributed by atoms with Crippen molar-refractivity contribution in [3.63, 3.8) is 0 Å². The van der Waals surface area contributed by atoms with Crippen LogP contribution in [-0.4, -0.2) is 43.0 Å². The maximum absolute atomic E-state index is 8.93. The van der Waals surface area contributed by atoms with Gasteiger partial charge in [0.2, 0.25) is 0 Å². The number of nitriles is 1. The molecule has 0 radical (unpaired) electrons. The van der Waals surface area contributed by atoms with Crippen LogP contribution in [0.2, 0.25) is 0 Å². The number of unbranched alkanes of at least 4 members (excludes halogenated alkanes) is 9. The second-order valence-corrected chi connectivity index (χ2v) is 8.61. The minimum atomic E-state index is -0.678. The molecule has 28 heavy (non-hydrogen) atoms. The molecule has 0 amide bonds. The second kappa shape index (κ2) is 12.1. The molecule has 2 N–H and O–H groups in total. The molecule has 2 rings (SSSR count). The molecule has 0 aromatic rings. The van der Waals surface area contributed by atoms with Crippen molar-refractivity contribution in [3.05, 3.63) is 0 Å². The van der Waals surface area contributed by atoms with Crippen LogP contribution in [0.15, 0.2) is 0 Å². The third-order valence-electron chi connectivity index (χ3n) is 5.58. The minimum Gasteiger partial charge on any atom is -0.350 e. The average molecular weight is 397 g/mol. The lowest BCUT2D eigenvalue weighted by atomic mass is 10.0. The Morgan fingerprint density at radius 1 is 0.964 bits per heavy atom. The quantitative estimate of drug-likeness (QED) is 0.438. The lowest BCUT2D eigenvalue weighted by molar-refractivity contribution is -0.235. The maximum Gasteiger partial charge on any atom is 0.187 e. The van der Waals surface area contributed by atoms with Crippen molar-refractivity contribution in [2.24, 2.45) is 5.73 Å². The van der Waals surface area contributed by atoms with Crippen LogP contribution < -0.4 is 5.73 Å². The Balaban J connectivity index is 1.62. The molecule has 0 aliphatic carbocycles. The van der Waals surface area contributed by atoms with E-state index in [0.717, 1.165) is 6.42 Å². The smallest absolute Gasteiger partial charge is 0.187 e. The molecular weight excluding hydrogens is 356 g/mol. The number of hydrogen-bond donors (Lipinski definition) is 1. The molecule has 0 spiro atoms. The Hall–Kier alpha value is -0.710. The predicted octanol–water partition coefficient (Wildman–Crippen LogP) is 4.41. The topological polar surface area (TPSA) is 86.7 Å². The zero-order valence-electron chi connectivity index (χ0n) is 18.0. The van der Waals surface area contributed by atoms with Gasteiger partial charge in [-0.1, -0.05) is 64.7 Å². The summed E-state index contributed by atoms with van der Waals surface area (Å²) in [6, 6.07) is 1.71. The Bertz CT molecular complexity index is 480. The molecule has 0 unspecified atom stereocenters. The molecule has 2 aliphatic heterocycles. The molecule has 2 fully saturated rings. The third-order valence-corrected chi connectivity index (χ3v) is 5.58. The summed E-state index contributed by atoms with van der Waals surface area (Å²) in [5, 5.41) is 8.93. The van der Waals surface area contributed by atoms with Gasteiger partial charge >= 0.3 is 0 Å². The van der Waals surface area contributed by atoms with E-state index in [1.165, 1.54) is 57.8 Å². The van der Waals surface area contributed by atoms with E-state index >= 15 is 0 Å². The largest absolute Gasteiger partial charge is 0.350 e. The van der Waals surface area contributed by atoms with E-state index in [0.29, 0.717) is 6.61 Å². The Morgan fingerprint density at radius 2 is 1.54 bits per heavy atom. The summed E-state index contributed by atoms with van der Waals surface area (Å²) in [5.74, 6) is -0.678. The fourth-order valence-electron chi connectivity index (χ4n) is 4.08. The van der Waals surface area contributed by atoms with E-state index < -0.39 is 18.1 Å². The summed E-state index contributed by atoms with van der Waals surface area (Å²) >= 11 is 0. The molecule has 0 aromatic carbocycles. The lowest BCUT2D eigenvalue weighted by Gasteiger charge is -2.26. The van der Waals surface area contributed by atoms with Crippen molar-refractivity contribution in [2.45, 2.75) is 128 Å². The highest BCUT2D eigenvalue weighted by Crippen LogP contribution is 2.40. The highest BCUT2D eigenvalue weighted by Gasteiger charge is 2.57. The van der Waals surface area contributed by atoms with Gasteiger partial charge in [0, 0.05) is 12.6 Å². The van der Waals surface area contributed by atoms with Gasteiger partial charge in [0.1, 0.15) is 18.3 Å². The molecule has 2 heterocycles. The van der Waals surface area contributed by atoms with Crippen LogP contribution in [0.3, 0.4) is 0 Å². The first-order chi connectivity index (χ1) is 13.5. The van der Waals surface area contributed by atoms with Gasteiger partial charge < -0.3 is 24.7 Å². The van der Waals surface area contributed by atoms with E-state index in [2.05, 4.69) is 13.0 Å². The molecule has 0 bridgehead atoms. The van der Waals surface area contributed by atoms with Gasteiger partial charge in [0.15, 0.2) is 12.1 Å². The molecule has 0 aromatic heterocycles. The van der Waals surface area contributed by atoms with Gasteiger partial charge in [-0.2, -0.15) is 5.26 Å². The Kier molecular flexibility index (Phi) is 10.2. The summed E-state index contributed by atoms with van der Waals surface area (Å²) in [6.07, 6.45) is 11.7. The Labute approximate surface area is 171 Å². The van der Waals surface area contributed by atoms with Crippen molar-refractivity contribution in [2.75, 3.05) is 6.61 Å². The Morgan fingerprint density at radius 3 is 2.14 bits per heavy atom. The highest BCUT2D eigenvalue weighted by molar-refractivity contribution is 5.00. The molecule has 6 heteroatoms. The van der Waals surface area contributed by atoms with Gasteiger partial charge in [0.05, 0.1) is 12.5 Å². The summed E-state index contributed by atoms with van der Waals surface area (Å²) in [6.45, 7) is 6.68. The van der Waals surface area contributed by atoms with Crippen LogP contribution in [0.5, 0.6) is 0 Å². The van der Waals surface area contributed by atoms with Crippen molar-refractivity contribution >= 4 is 0 Å². The summed E-state index contributed by atoms with van der Waals surface area (Å²) in [5.41, 5.74) is 6.12. The normalized spacial score (nSPS) is 29.5. The number of rotatable bonds is 14. The number of ether oxygens (including phenoxy) is 4. The second-order valence-electron chi connectivity index (χ2n) is 8.61. The lowest BCUT2D eigenvalue weighted by Crippen LogP contribution is -2.43. The van der Waals surface area contributed by atoms with Crippen LogP contribution in [0.25, 0.3) is 0 Å². The molecule has 162 valence electrons. The van der Waals surface area contributed by atoms with Gasteiger partial charge in [0.25, 0.3) is 0 Å². The van der Waals surface area contributed by atoms with Crippen molar-refractivity contribution in [1.82, 2.24) is 0 Å². The first-order valence-electron chi connectivity index (χ1n) is 11.2. The number of nitrogens with zero attached hydrogens (tertiary/aromatic N) is 1. The predicted molar refractivity (Wildman–Crippen MR) is 108 cm³/mol. The number of hydrogen-bond acceptors (Lipinski definition) is 6. The van der Waals surface area contributed by atoms with Gasteiger partial charge in [-0.15, -0.1) is 0 Å². The number of nitrogens with two attached hydrogens (primary N) is 1. The zero-order chi connectivity index (χ0) is 20.4. The summed E-state index contributed by atoms with van der Waals surface area (Å²) < 4.78 is 23.9. The van der Waals surface area contributed by atoms with Crippen molar-refractivity contribution in [1.29, 1.82) is 5.26 Å². The zero-order valence-corrected chi connectivity index (χ0v) is 18.0. The van der Waals surface area contributed by atoms with Crippen LogP contribution in [0, 0.1) is 11.3 Å². The minimum absolute atomic E-state index is 0.225. The average Bonchev–Trinajstić information content (AvgIpc) is 3.13. The first kappa shape index (κ1) is 23.6. The molecule has 2 aliphatic rings. The van der Waals surface area contributed by atoms with Crippen molar-refractivity contribution in [3.8, 4) is 6.07 Å². The monoisotopic (exact) mass is 396 g/mol. The van der Waals surface area contributed by atoms with E-state index in [-0.39, 0.29) is 24.7 Å². The van der Waals surface area contributed by atoms with Gasteiger partial charge in [-0.25, -0.2) is 0 Å². The molecule has 2 saturated heterocycles. The van der Waals surface area contributed by atoms with Gasteiger partial charge in [-0.3, -0.25) is 0 Å². The molecule has 5 atom stereocenters. The SMILES string of the molecule is CCCCCCCCCCCCO[C@H]1O[C@H]([C@@H](N)CC#N)[C@@H]2OC(C)(C)O[C@H]12. The first-order valence-corrected chi connectivity index (χ1v) is 11.2. The molecule has 0 saturated carbocycles.